The lowest BCUT2D eigenvalue weighted by Gasteiger charge is -2.23. The minimum atomic E-state index is -4.46. The first-order valence-corrected chi connectivity index (χ1v) is 11.6. The maximum absolute atomic E-state index is 12.9. The van der Waals surface area contributed by atoms with Gasteiger partial charge in [0.2, 0.25) is 0 Å². The van der Waals surface area contributed by atoms with Crippen LogP contribution in [-0.2, 0) is 11.0 Å². The summed E-state index contributed by atoms with van der Waals surface area (Å²) >= 11 is 0. The molecule has 200 valence electrons. The largest absolute Gasteiger partial charge is 0.483 e. The number of benzene rings is 3. The number of aryl methyl sites for hydroxylation is 1. The monoisotopic (exact) mass is 527 g/mol. The predicted molar refractivity (Wildman–Crippen MR) is 139 cm³/mol. The zero-order chi connectivity index (χ0) is 28.1. The molecule has 3 rings (SSSR count). The van der Waals surface area contributed by atoms with E-state index in [1.807, 2.05) is 6.07 Å². The molecule has 0 fully saturated rings. The van der Waals surface area contributed by atoms with Gasteiger partial charge >= 0.3 is 12.1 Å². The number of nitrogens with two attached hydrogens (primary N) is 1. The van der Waals surface area contributed by atoms with E-state index < -0.39 is 29.4 Å². The van der Waals surface area contributed by atoms with E-state index in [0.29, 0.717) is 28.3 Å². The Kier molecular flexibility index (Phi) is 8.45. The molecule has 0 aromatic heterocycles. The Morgan fingerprint density at radius 2 is 1.63 bits per heavy atom. The Balaban J connectivity index is 1.89. The summed E-state index contributed by atoms with van der Waals surface area (Å²) in [5, 5.41) is 9.32. The number of aliphatic imine (C=N–C) groups is 2. The molecule has 0 aliphatic carbocycles. The first-order chi connectivity index (χ1) is 17.8. The molecule has 0 amide bonds. The van der Waals surface area contributed by atoms with Crippen LogP contribution in [0.4, 0.5) is 18.9 Å². The smallest absolute Gasteiger partial charge is 0.416 e. The van der Waals surface area contributed by atoms with E-state index in [0.717, 1.165) is 12.1 Å². The summed E-state index contributed by atoms with van der Waals surface area (Å²) in [5.41, 5.74) is 5.45. The molecule has 0 saturated heterocycles. The van der Waals surface area contributed by atoms with Gasteiger partial charge < -0.3 is 20.3 Å². The molecule has 7 nitrogen and oxygen atoms in total. The number of para-hydroxylation sites is 1. The molecule has 10 heteroatoms. The lowest BCUT2D eigenvalue weighted by Crippen LogP contribution is -2.38. The van der Waals surface area contributed by atoms with E-state index in [2.05, 4.69) is 9.98 Å². The molecule has 0 radical (unpaired) electrons. The highest BCUT2D eigenvalue weighted by atomic mass is 19.4. The van der Waals surface area contributed by atoms with Crippen molar-refractivity contribution in [2.24, 2.45) is 15.7 Å². The predicted octanol–water partition coefficient (Wildman–Crippen LogP) is 6.16. The van der Waals surface area contributed by atoms with Crippen molar-refractivity contribution in [1.82, 2.24) is 0 Å². The number of aliphatic carboxylic acids is 1. The van der Waals surface area contributed by atoms with Gasteiger partial charge in [0.05, 0.1) is 11.3 Å². The van der Waals surface area contributed by atoms with Crippen LogP contribution >= 0.6 is 0 Å². The van der Waals surface area contributed by atoms with Crippen LogP contribution in [0.3, 0.4) is 0 Å². The summed E-state index contributed by atoms with van der Waals surface area (Å²) in [5.74, 6) is -0.103. The Morgan fingerprint density at radius 3 is 2.18 bits per heavy atom. The molecular formula is C28H28F3N3O4. The van der Waals surface area contributed by atoms with Gasteiger partial charge in [-0.3, -0.25) is 0 Å². The Morgan fingerprint density at radius 1 is 1.00 bits per heavy atom. The SMILES string of the molecule is Cc1cc(OC(C)C(N=C(N)c2ccc(C(F)(F)F)cc2)=Nc2ccccc2)ccc1OC(C)(C)C(=O)O. The zero-order valence-electron chi connectivity index (χ0n) is 21.3. The molecule has 3 aromatic carbocycles. The Labute approximate surface area is 218 Å². The number of ether oxygens (including phenoxy) is 2. The van der Waals surface area contributed by atoms with Crippen LogP contribution < -0.4 is 15.2 Å². The lowest BCUT2D eigenvalue weighted by atomic mass is 10.1. The van der Waals surface area contributed by atoms with Gasteiger partial charge in [0.25, 0.3) is 0 Å². The molecule has 1 atom stereocenters. The van der Waals surface area contributed by atoms with E-state index in [1.165, 1.54) is 26.0 Å². The fourth-order valence-corrected chi connectivity index (χ4v) is 3.24. The maximum Gasteiger partial charge on any atom is 0.416 e. The van der Waals surface area contributed by atoms with Gasteiger partial charge in [0.15, 0.2) is 17.5 Å². The van der Waals surface area contributed by atoms with Crippen LogP contribution in [0.5, 0.6) is 11.5 Å². The second kappa shape index (κ2) is 11.4. The van der Waals surface area contributed by atoms with Gasteiger partial charge in [-0.25, -0.2) is 14.8 Å². The highest BCUT2D eigenvalue weighted by Gasteiger charge is 2.31. The average molecular weight is 528 g/mol. The van der Waals surface area contributed by atoms with Gasteiger partial charge in [0, 0.05) is 5.56 Å². The van der Waals surface area contributed by atoms with Crippen molar-refractivity contribution >= 4 is 23.3 Å². The molecule has 0 aliphatic rings. The number of carboxylic acid groups (broad SMARTS) is 1. The molecule has 1 unspecified atom stereocenters. The van der Waals surface area contributed by atoms with Crippen molar-refractivity contribution in [1.29, 1.82) is 0 Å². The maximum atomic E-state index is 12.9. The quantitative estimate of drug-likeness (QED) is 0.270. The van der Waals surface area contributed by atoms with Crippen LogP contribution in [0.1, 0.15) is 37.5 Å². The van der Waals surface area contributed by atoms with Gasteiger partial charge in [-0.15, -0.1) is 0 Å². The summed E-state index contributed by atoms with van der Waals surface area (Å²) in [6.45, 7) is 6.36. The standard InChI is InChI=1S/C28H28F3N3O4/c1-17-16-22(14-15-23(17)38-27(3,4)26(35)36)37-18(2)25(33-21-8-6-5-7-9-21)34-24(32)19-10-12-20(13-11-19)28(29,30)31/h5-16,18H,1-4H3,(H,35,36)(H2,32,33,34). The van der Waals surface area contributed by atoms with E-state index in [9.17, 15) is 23.1 Å². The van der Waals surface area contributed by atoms with E-state index in [-0.39, 0.29) is 11.7 Å². The van der Waals surface area contributed by atoms with Crippen LogP contribution in [0, 0.1) is 6.92 Å². The third-order valence-corrected chi connectivity index (χ3v) is 5.45. The fraction of sp³-hybridized carbons (Fsp3) is 0.250. The number of hydrogen-bond acceptors (Lipinski definition) is 4. The number of rotatable bonds is 8. The zero-order valence-corrected chi connectivity index (χ0v) is 21.3. The van der Waals surface area contributed by atoms with Crippen molar-refractivity contribution in [3.63, 3.8) is 0 Å². The van der Waals surface area contributed by atoms with Crippen molar-refractivity contribution < 1.29 is 32.5 Å². The number of nitrogens with zero attached hydrogens (tertiary/aromatic N) is 2. The summed E-state index contributed by atoms with van der Waals surface area (Å²) in [6.07, 6.45) is -5.18. The third kappa shape index (κ3) is 7.34. The van der Waals surface area contributed by atoms with Gasteiger partial charge in [-0.1, -0.05) is 30.3 Å². The molecular weight excluding hydrogens is 499 g/mol. The second-order valence-electron chi connectivity index (χ2n) is 8.98. The van der Waals surface area contributed by atoms with E-state index in [4.69, 9.17) is 15.2 Å². The summed E-state index contributed by atoms with van der Waals surface area (Å²) in [4.78, 5) is 20.3. The highest BCUT2D eigenvalue weighted by molar-refractivity contribution is 6.07. The van der Waals surface area contributed by atoms with Gasteiger partial charge in [0.1, 0.15) is 17.3 Å². The van der Waals surface area contributed by atoms with Crippen LogP contribution in [0.2, 0.25) is 0 Å². The van der Waals surface area contributed by atoms with E-state index in [1.54, 1.807) is 56.3 Å². The molecule has 0 bridgehead atoms. The van der Waals surface area contributed by atoms with Crippen molar-refractivity contribution in [2.45, 2.75) is 45.6 Å². The number of amidine groups is 2. The van der Waals surface area contributed by atoms with Crippen LogP contribution in [0.15, 0.2) is 82.8 Å². The highest BCUT2D eigenvalue weighted by Crippen LogP contribution is 2.30. The molecule has 0 heterocycles. The molecule has 0 saturated carbocycles. The lowest BCUT2D eigenvalue weighted by molar-refractivity contribution is -0.152. The van der Waals surface area contributed by atoms with Crippen molar-refractivity contribution in [2.75, 3.05) is 0 Å². The topological polar surface area (TPSA) is 107 Å². The minimum Gasteiger partial charge on any atom is -0.483 e. The second-order valence-corrected chi connectivity index (χ2v) is 8.98. The fourth-order valence-electron chi connectivity index (χ4n) is 3.24. The number of hydrogen-bond donors (Lipinski definition) is 2. The van der Waals surface area contributed by atoms with E-state index >= 15 is 0 Å². The normalized spacial score (nSPS) is 13.7. The molecule has 3 aromatic rings. The molecule has 0 aliphatic heterocycles. The Bertz CT molecular complexity index is 1340. The third-order valence-electron chi connectivity index (χ3n) is 5.45. The first-order valence-electron chi connectivity index (χ1n) is 11.6. The summed E-state index contributed by atoms with van der Waals surface area (Å²) in [7, 11) is 0. The number of halogens is 3. The Hall–Kier alpha value is -4.34. The van der Waals surface area contributed by atoms with Crippen molar-refractivity contribution in [3.05, 3.63) is 89.5 Å². The number of carboxylic acids is 1. The summed E-state index contributed by atoms with van der Waals surface area (Å²) < 4.78 is 50.4. The molecule has 0 spiro atoms. The number of carbonyl (C=O) groups is 1. The minimum absolute atomic E-state index is 0.0281. The first kappa shape index (κ1) is 28.2. The number of alkyl halides is 3. The molecule has 38 heavy (non-hydrogen) atoms. The van der Waals surface area contributed by atoms with Gasteiger partial charge in [-0.05, 0) is 75.7 Å². The average Bonchev–Trinajstić information content (AvgIpc) is 2.85. The van der Waals surface area contributed by atoms with Crippen LogP contribution in [-0.4, -0.2) is 34.5 Å². The van der Waals surface area contributed by atoms with Gasteiger partial charge in [-0.2, -0.15) is 13.2 Å². The summed E-state index contributed by atoms with van der Waals surface area (Å²) in [6, 6.07) is 18.2. The van der Waals surface area contributed by atoms with Crippen LogP contribution in [0.25, 0.3) is 0 Å². The molecule has 3 N–H and O–H groups in total. The van der Waals surface area contributed by atoms with Crippen molar-refractivity contribution in [3.8, 4) is 11.5 Å².